The van der Waals surface area contributed by atoms with Gasteiger partial charge < -0.3 is 9.15 Å². The maximum absolute atomic E-state index is 12.6. The van der Waals surface area contributed by atoms with Gasteiger partial charge in [0.15, 0.2) is 0 Å². The number of nitro benzene ring substituents is 1. The second kappa shape index (κ2) is 7.31. The number of hydrogen-bond acceptors (Lipinski definition) is 7. The van der Waals surface area contributed by atoms with Gasteiger partial charge >= 0.3 is 5.97 Å². The van der Waals surface area contributed by atoms with Crippen molar-refractivity contribution in [1.82, 2.24) is 0 Å². The van der Waals surface area contributed by atoms with E-state index in [1.54, 1.807) is 13.8 Å². The van der Waals surface area contributed by atoms with Gasteiger partial charge in [-0.1, -0.05) is 6.07 Å². The highest BCUT2D eigenvalue weighted by molar-refractivity contribution is 7.92. The van der Waals surface area contributed by atoms with Crippen LogP contribution in [0, 0.1) is 17.0 Å². The number of ether oxygens (including phenoxy) is 1. The largest absolute Gasteiger partial charge is 0.462 e. The number of benzene rings is 2. The SMILES string of the molecule is CCOC(=O)c1c(C)oc2ccc(NS(=O)(=O)c3cccc([N+](=O)[O-])c3)cc12. The summed E-state index contributed by atoms with van der Waals surface area (Å²) in [6.07, 6.45) is 0. The number of furan rings is 1. The zero-order chi connectivity index (χ0) is 20.5. The van der Waals surface area contributed by atoms with E-state index in [1.807, 2.05) is 0 Å². The lowest BCUT2D eigenvalue weighted by molar-refractivity contribution is -0.385. The molecule has 9 nitrogen and oxygen atoms in total. The summed E-state index contributed by atoms with van der Waals surface area (Å²) in [5.41, 5.74) is 0.450. The molecule has 1 heterocycles. The molecule has 0 fully saturated rings. The average molecular weight is 404 g/mol. The van der Waals surface area contributed by atoms with Crippen LogP contribution >= 0.6 is 0 Å². The smallest absolute Gasteiger partial charge is 0.342 e. The van der Waals surface area contributed by atoms with Crippen molar-refractivity contribution in [3.05, 3.63) is 63.9 Å². The molecule has 0 atom stereocenters. The second-order valence-electron chi connectivity index (χ2n) is 5.82. The van der Waals surface area contributed by atoms with Crippen LogP contribution in [0.15, 0.2) is 51.8 Å². The fourth-order valence-corrected chi connectivity index (χ4v) is 3.81. The predicted octanol–water partition coefficient (Wildman–Crippen LogP) is 3.63. The molecule has 28 heavy (non-hydrogen) atoms. The van der Waals surface area contributed by atoms with Crippen molar-refractivity contribution in [1.29, 1.82) is 0 Å². The first-order valence-corrected chi connectivity index (χ1v) is 9.69. The molecule has 2 aromatic carbocycles. The van der Waals surface area contributed by atoms with Crippen molar-refractivity contribution in [2.24, 2.45) is 0 Å². The Morgan fingerprint density at radius 1 is 1.25 bits per heavy atom. The van der Waals surface area contributed by atoms with E-state index in [4.69, 9.17) is 9.15 Å². The minimum atomic E-state index is -4.08. The van der Waals surface area contributed by atoms with E-state index < -0.39 is 20.9 Å². The van der Waals surface area contributed by atoms with Crippen molar-refractivity contribution >= 4 is 38.3 Å². The number of rotatable bonds is 6. The Balaban J connectivity index is 2.00. The van der Waals surface area contributed by atoms with Crippen LogP contribution < -0.4 is 4.72 Å². The van der Waals surface area contributed by atoms with Gasteiger partial charge in [0.1, 0.15) is 16.9 Å². The van der Waals surface area contributed by atoms with Crippen LogP contribution in [0.1, 0.15) is 23.0 Å². The number of carbonyl (C=O) groups excluding carboxylic acids is 1. The molecule has 1 aromatic heterocycles. The van der Waals surface area contributed by atoms with Crippen LogP contribution in [0.5, 0.6) is 0 Å². The summed E-state index contributed by atoms with van der Waals surface area (Å²) in [7, 11) is -4.08. The molecule has 10 heteroatoms. The third kappa shape index (κ3) is 3.67. The minimum absolute atomic E-state index is 0.172. The monoisotopic (exact) mass is 404 g/mol. The van der Waals surface area contributed by atoms with Crippen LogP contribution in [0.25, 0.3) is 11.0 Å². The normalized spacial score (nSPS) is 11.4. The standard InChI is InChI=1S/C18H16N2O7S/c1-3-26-18(21)17-11(2)27-16-8-7-12(9-15(16)17)19-28(24,25)14-6-4-5-13(10-14)20(22)23/h4-10,19H,3H2,1-2H3. The van der Waals surface area contributed by atoms with Gasteiger partial charge in [-0.3, -0.25) is 14.8 Å². The second-order valence-corrected chi connectivity index (χ2v) is 7.51. The quantitative estimate of drug-likeness (QED) is 0.377. The maximum atomic E-state index is 12.6. The highest BCUT2D eigenvalue weighted by atomic mass is 32.2. The van der Waals surface area contributed by atoms with Crippen LogP contribution in [-0.2, 0) is 14.8 Å². The summed E-state index contributed by atoms with van der Waals surface area (Å²) in [6.45, 7) is 3.47. The number of esters is 1. The molecule has 0 spiro atoms. The summed E-state index contributed by atoms with van der Waals surface area (Å²) in [5, 5.41) is 11.3. The number of nitrogens with zero attached hydrogens (tertiary/aromatic N) is 1. The maximum Gasteiger partial charge on any atom is 0.342 e. The van der Waals surface area contributed by atoms with Crippen molar-refractivity contribution in [2.45, 2.75) is 18.7 Å². The first-order valence-electron chi connectivity index (χ1n) is 8.20. The number of nitro groups is 1. The molecule has 3 aromatic rings. The van der Waals surface area contributed by atoms with E-state index in [0.717, 1.165) is 6.07 Å². The lowest BCUT2D eigenvalue weighted by atomic mass is 10.1. The van der Waals surface area contributed by atoms with E-state index in [1.165, 1.54) is 36.4 Å². The first-order chi connectivity index (χ1) is 13.2. The van der Waals surface area contributed by atoms with Gasteiger partial charge in [-0.15, -0.1) is 0 Å². The lowest BCUT2D eigenvalue weighted by Crippen LogP contribution is -2.13. The molecule has 0 amide bonds. The fraction of sp³-hybridized carbons (Fsp3) is 0.167. The van der Waals surface area contributed by atoms with Gasteiger partial charge in [0, 0.05) is 23.2 Å². The Labute approximate surface area is 160 Å². The molecule has 0 bridgehead atoms. The number of aryl methyl sites for hydroxylation is 1. The highest BCUT2D eigenvalue weighted by Crippen LogP contribution is 2.30. The summed E-state index contributed by atoms with van der Waals surface area (Å²) in [6, 6.07) is 9.14. The molecular formula is C18H16N2O7S. The Morgan fingerprint density at radius 2 is 2.00 bits per heavy atom. The number of non-ortho nitro benzene ring substituents is 1. The molecule has 0 radical (unpaired) electrons. The van der Waals surface area contributed by atoms with Crippen LogP contribution in [0.2, 0.25) is 0 Å². The number of carbonyl (C=O) groups is 1. The molecule has 0 aliphatic rings. The van der Waals surface area contributed by atoms with E-state index in [9.17, 15) is 23.3 Å². The van der Waals surface area contributed by atoms with E-state index in [2.05, 4.69) is 4.72 Å². The molecule has 0 saturated heterocycles. The molecule has 0 aliphatic heterocycles. The Morgan fingerprint density at radius 3 is 2.68 bits per heavy atom. The summed E-state index contributed by atoms with van der Waals surface area (Å²) < 4.78 is 38.1. The zero-order valence-electron chi connectivity index (χ0n) is 15.0. The third-order valence-corrected chi connectivity index (χ3v) is 5.31. The van der Waals surface area contributed by atoms with Gasteiger partial charge in [-0.05, 0) is 38.1 Å². The van der Waals surface area contributed by atoms with Gasteiger partial charge in [-0.2, -0.15) is 0 Å². The summed E-state index contributed by atoms with van der Waals surface area (Å²) >= 11 is 0. The van der Waals surface area contributed by atoms with E-state index in [-0.39, 0.29) is 28.4 Å². The van der Waals surface area contributed by atoms with Crippen LogP contribution in [0.3, 0.4) is 0 Å². The topological polar surface area (TPSA) is 129 Å². The van der Waals surface area contributed by atoms with E-state index in [0.29, 0.717) is 16.7 Å². The zero-order valence-corrected chi connectivity index (χ0v) is 15.8. The highest BCUT2D eigenvalue weighted by Gasteiger charge is 2.22. The number of anilines is 1. The molecule has 0 aliphatic carbocycles. The van der Waals surface area contributed by atoms with Crippen molar-refractivity contribution < 1.29 is 27.3 Å². The minimum Gasteiger partial charge on any atom is -0.462 e. The molecular weight excluding hydrogens is 388 g/mol. The number of fused-ring (bicyclic) bond motifs is 1. The Kier molecular flexibility index (Phi) is 5.06. The van der Waals surface area contributed by atoms with Crippen molar-refractivity contribution in [3.8, 4) is 0 Å². The first kappa shape index (κ1) is 19.4. The predicted molar refractivity (Wildman–Crippen MR) is 101 cm³/mol. The molecule has 0 saturated carbocycles. The van der Waals surface area contributed by atoms with Crippen LogP contribution in [-0.4, -0.2) is 25.9 Å². The molecule has 146 valence electrons. The summed E-state index contributed by atoms with van der Waals surface area (Å²) in [5.74, 6) is -0.218. The number of sulfonamides is 1. The van der Waals surface area contributed by atoms with Crippen molar-refractivity contribution in [3.63, 3.8) is 0 Å². The molecule has 0 unspecified atom stereocenters. The van der Waals surface area contributed by atoms with Crippen LogP contribution in [0.4, 0.5) is 11.4 Å². The third-order valence-electron chi connectivity index (χ3n) is 3.93. The Bertz CT molecular complexity index is 1180. The van der Waals surface area contributed by atoms with Crippen molar-refractivity contribution in [2.75, 3.05) is 11.3 Å². The summed E-state index contributed by atoms with van der Waals surface area (Å²) in [4.78, 5) is 22.1. The molecule has 3 rings (SSSR count). The van der Waals surface area contributed by atoms with Gasteiger partial charge in [0.2, 0.25) is 0 Å². The van der Waals surface area contributed by atoms with E-state index >= 15 is 0 Å². The number of nitrogens with one attached hydrogen (secondary N) is 1. The van der Waals surface area contributed by atoms with Gasteiger partial charge in [0.05, 0.1) is 16.4 Å². The van der Waals surface area contributed by atoms with Gasteiger partial charge in [-0.25, -0.2) is 13.2 Å². The average Bonchev–Trinajstić information content (AvgIpc) is 2.97. The van der Waals surface area contributed by atoms with Gasteiger partial charge in [0.25, 0.3) is 15.7 Å². The Hall–Kier alpha value is -3.40. The fourth-order valence-electron chi connectivity index (χ4n) is 2.72. The lowest BCUT2D eigenvalue weighted by Gasteiger charge is -2.08. The number of hydrogen-bond donors (Lipinski definition) is 1. The molecule has 1 N–H and O–H groups in total.